The van der Waals surface area contributed by atoms with Gasteiger partial charge in [0.15, 0.2) is 11.6 Å². The summed E-state index contributed by atoms with van der Waals surface area (Å²) in [5.41, 5.74) is 2.78. The monoisotopic (exact) mass is 291 g/mol. The fourth-order valence-electron chi connectivity index (χ4n) is 2.14. The molecule has 0 heterocycles. The van der Waals surface area contributed by atoms with E-state index in [0.29, 0.717) is 0 Å². The average molecular weight is 291 g/mol. The molecule has 0 spiro atoms. The molecule has 112 valence electrons. The maximum absolute atomic E-state index is 13.2. The summed E-state index contributed by atoms with van der Waals surface area (Å²) in [6, 6.07) is 11.7. The lowest BCUT2D eigenvalue weighted by Gasteiger charge is -2.14. The van der Waals surface area contributed by atoms with Crippen LogP contribution in [0.25, 0.3) is 0 Å². The van der Waals surface area contributed by atoms with Gasteiger partial charge in [-0.05, 0) is 48.7 Å². The third-order valence-electron chi connectivity index (χ3n) is 3.51. The minimum absolute atomic E-state index is 0.0446. The first kappa shape index (κ1) is 15.6. The molecule has 0 amide bonds. The second-order valence-electron chi connectivity index (χ2n) is 5.07. The summed E-state index contributed by atoms with van der Waals surface area (Å²) in [5.74, 6) is -1.64. The molecule has 1 atom stereocenters. The van der Waals surface area contributed by atoms with E-state index in [9.17, 15) is 8.78 Å². The summed E-state index contributed by atoms with van der Waals surface area (Å²) in [5, 5.41) is 12.3. The van der Waals surface area contributed by atoms with Crippen LogP contribution in [0.3, 0.4) is 0 Å². The summed E-state index contributed by atoms with van der Waals surface area (Å²) in [6.45, 7) is 2.70. The van der Waals surface area contributed by atoms with Crippen molar-refractivity contribution in [2.75, 3.05) is 6.54 Å². The predicted molar refractivity (Wildman–Crippen MR) is 78.8 cm³/mol. The number of hydrogen-bond acceptors (Lipinski definition) is 2. The second kappa shape index (κ2) is 7.29. The van der Waals surface area contributed by atoms with Crippen molar-refractivity contribution in [1.29, 1.82) is 0 Å². The molecule has 0 saturated carbocycles. The number of halogens is 2. The number of rotatable bonds is 6. The topological polar surface area (TPSA) is 32.3 Å². The minimum atomic E-state index is -0.824. The standard InChI is InChI=1S/C17H19F2NO/c1-12(15-6-7-16(18)17(19)10-15)20-9-8-13-2-4-14(11-21)5-3-13/h2-7,10,12,20-21H,8-9,11H2,1H3. The summed E-state index contributed by atoms with van der Waals surface area (Å²) in [7, 11) is 0. The average Bonchev–Trinajstić information content (AvgIpc) is 2.50. The lowest BCUT2D eigenvalue weighted by atomic mass is 10.1. The fourth-order valence-corrected chi connectivity index (χ4v) is 2.14. The van der Waals surface area contributed by atoms with E-state index in [0.717, 1.165) is 35.7 Å². The van der Waals surface area contributed by atoms with E-state index < -0.39 is 11.6 Å². The molecule has 0 aromatic heterocycles. The highest BCUT2D eigenvalue weighted by Crippen LogP contribution is 2.16. The second-order valence-corrected chi connectivity index (χ2v) is 5.07. The van der Waals surface area contributed by atoms with Crippen molar-refractivity contribution in [3.8, 4) is 0 Å². The van der Waals surface area contributed by atoms with Gasteiger partial charge in [0.25, 0.3) is 0 Å². The summed E-state index contributed by atoms with van der Waals surface area (Å²) >= 11 is 0. The molecule has 2 N–H and O–H groups in total. The van der Waals surface area contributed by atoms with Gasteiger partial charge in [-0.3, -0.25) is 0 Å². The lowest BCUT2D eigenvalue weighted by molar-refractivity contribution is 0.282. The molecule has 0 fully saturated rings. The zero-order valence-corrected chi connectivity index (χ0v) is 11.9. The molecule has 2 aromatic rings. The largest absolute Gasteiger partial charge is 0.392 e. The van der Waals surface area contributed by atoms with Gasteiger partial charge in [-0.25, -0.2) is 8.78 Å². The summed E-state index contributed by atoms with van der Waals surface area (Å²) < 4.78 is 26.1. The van der Waals surface area contributed by atoms with Crippen LogP contribution in [0.5, 0.6) is 0 Å². The summed E-state index contributed by atoms with van der Waals surface area (Å²) in [6.07, 6.45) is 0.833. The van der Waals surface area contributed by atoms with Crippen LogP contribution in [0, 0.1) is 11.6 Å². The maximum atomic E-state index is 13.2. The van der Waals surface area contributed by atoms with E-state index in [4.69, 9.17) is 5.11 Å². The van der Waals surface area contributed by atoms with Crippen molar-refractivity contribution in [1.82, 2.24) is 5.32 Å². The zero-order chi connectivity index (χ0) is 15.2. The molecule has 0 aliphatic heterocycles. The first-order valence-corrected chi connectivity index (χ1v) is 6.97. The quantitative estimate of drug-likeness (QED) is 0.855. The van der Waals surface area contributed by atoms with Crippen LogP contribution in [-0.4, -0.2) is 11.7 Å². The summed E-state index contributed by atoms with van der Waals surface area (Å²) in [4.78, 5) is 0. The first-order valence-electron chi connectivity index (χ1n) is 6.97. The van der Waals surface area contributed by atoms with E-state index in [-0.39, 0.29) is 12.6 Å². The molecule has 0 radical (unpaired) electrons. The van der Waals surface area contributed by atoms with E-state index in [2.05, 4.69) is 5.32 Å². The van der Waals surface area contributed by atoms with E-state index in [1.807, 2.05) is 31.2 Å². The van der Waals surface area contributed by atoms with Crippen LogP contribution in [0.15, 0.2) is 42.5 Å². The van der Waals surface area contributed by atoms with Gasteiger partial charge in [-0.2, -0.15) is 0 Å². The van der Waals surface area contributed by atoms with Crippen LogP contribution in [0.4, 0.5) is 8.78 Å². The molecular weight excluding hydrogens is 272 g/mol. The number of benzene rings is 2. The van der Waals surface area contributed by atoms with Crippen molar-refractivity contribution in [2.24, 2.45) is 0 Å². The molecule has 2 rings (SSSR count). The Kier molecular flexibility index (Phi) is 5.42. The Morgan fingerprint density at radius 2 is 1.67 bits per heavy atom. The molecule has 4 heteroatoms. The molecule has 21 heavy (non-hydrogen) atoms. The van der Waals surface area contributed by atoms with Crippen LogP contribution in [0.1, 0.15) is 29.7 Å². The number of nitrogens with one attached hydrogen (secondary N) is 1. The van der Waals surface area contributed by atoms with E-state index >= 15 is 0 Å². The van der Waals surface area contributed by atoms with Crippen molar-refractivity contribution >= 4 is 0 Å². The highest BCUT2D eigenvalue weighted by Gasteiger charge is 2.08. The molecular formula is C17H19F2NO. The zero-order valence-electron chi connectivity index (χ0n) is 11.9. The van der Waals surface area contributed by atoms with Gasteiger partial charge in [0.2, 0.25) is 0 Å². The minimum Gasteiger partial charge on any atom is -0.392 e. The molecule has 2 aromatic carbocycles. The fraction of sp³-hybridized carbons (Fsp3) is 0.294. The Bertz CT molecular complexity index is 584. The normalized spacial score (nSPS) is 12.4. The Morgan fingerprint density at radius 1 is 1.00 bits per heavy atom. The Hall–Kier alpha value is -1.78. The van der Waals surface area contributed by atoms with Gasteiger partial charge in [0, 0.05) is 6.04 Å². The van der Waals surface area contributed by atoms with Gasteiger partial charge in [0.05, 0.1) is 6.61 Å². The maximum Gasteiger partial charge on any atom is 0.159 e. The van der Waals surface area contributed by atoms with E-state index in [1.54, 1.807) is 6.07 Å². The van der Waals surface area contributed by atoms with Crippen molar-refractivity contribution < 1.29 is 13.9 Å². The predicted octanol–water partition coefficient (Wildman–Crippen LogP) is 3.35. The third-order valence-corrected chi connectivity index (χ3v) is 3.51. The van der Waals surface area contributed by atoms with Crippen LogP contribution in [-0.2, 0) is 13.0 Å². The van der Waals surface area contributed by atoms with Gasteiger partial charge < -0.3 is 10.4 Å². The molecule has 0 bridgehead atoms. The highest BCUT2D eigenvalue weighted by molar-refractivity contribution is 5.23. The Balaban J connectivity index is 1.85. The van der Waals surface area contributed by atoms with Gasteiger partial charge in [-0.15, -0.1) is 0 Å². The third kappa shape index (κ3) is 4.34. The molecule has 0 aliphatic rings. The molecule has 2 nitrogen and oxygen atoms in total. The highest BCUT2D eigenvalue weighted by atomic mass is 19.2. The first-order chi connectivity index (χ1) is 10.1. The smallest absolute Gasteiger partial charge is 0.159 e. The molecule has 1 unspecified atom stereocenters. The van der Waals surface area contributed by atoms with Crippen molar-refractivity contribution in [2.45, 2.75) is 26.0 Å². The SMILES string of the molecule is CC(NCCc1ccc(CO)cc1)c1ccc(F)c(F)c1. The lowest BCUT2D eigenvalue weighted by Crippen LogP contribution is -2.21. The van der Waals surface area contributed by atoms with Crippen LogP contribution < -0.4 is 5.32 Å². The van der Waals surface area contributed by atoms with E-state index in [1.165, 1.54) is 6.07 Å². The van der Waals surface area contributed by atoms with Crippen LogP contribution >= 0.6 is 0 Å². The van der Waals surface area contributed by atoms with Crippen molar-refractivity contribution in [3.05, 3.63) is 70.8 Å². The number of aliphatic hydroxyl groups is 1. The van der Waals surface area contributed by atoms with Gasteiger partial charge in [-0.1, -0.05) is 30.3 Å². The number of aliphatic hydroxyl groups excluding tert-OH is 1. The van der Waals surface area contributed by atoms with Crippen LogP contribution in [0.2, 0.25) is 0 Å². The molecule has 0 saturated heterocycles. The Morgan fingerprint density at radius 3 is 2.29 bits per heavy atom. The van der Waals surface area contributed by atoms with Gasteiger partial charge in [0.1, 0.15) is 0 Å². The Labute approximate surface area is 123 Å². The molecule has 0 aliphatic carbocycles. The van der Waals surface area contributed by atoms with Gasteiger partial charge >= 0.3 is 0 Å². The van der Waals surface area contributed by atoms with Crippen molar-refractivity contribution in [3.63, 3.8) is 0 Å². The number of hydrogen-bond donors (Lipinski definition) is 2.